The van der Waals surface area contributed by atoms with E-state index in [9.17, 15) is 14.0 Å². The number of halogens is 1. The van der Waals surface area contributed by atoms with Gasteiger partial charge in [0.05, 0.1) is 13.2 Å². The van der Waals surface area contributed by atoms with Crippen LogP contribution in [0.5, 0.6) is 0 Å². The van der Waals surface area contributed by atoms with Gasteiger partial charge in [0.2, 0.25) is 5.41 Å². The number of carbonyl (C=O) groups excluding carboxylic acids is 2. The second-order valence-electron chi connectivity index (χ2n) is 4.98. The molecule has 6 heteroatoms. The quantitative estimate of drug-likeness (QED) is 0.681. The summed E-state index contributed by atoms with van der Waals surface area (Å²) in [6.45, 7) is 5.03. The Morgan fingerprint density at radius 3 is 2.27 bits per heavy atom. The highest BCUT2D eigenvalue weighted by atomic mass is 19.1. The Bertz CT molecular complexity index is 689. The van der Waals surface area contributed by atoms with Crippen molar-refractivity contribution in [2.75, 3.05) is 13.2 Å². The van der Waals surface area contributed by atoms with Crippen LogP contribution in [-0.4, -0.2) is 30.1 Å². The maximum atomic E-state index is 13.3. The van der Waals surface area contributed by atoms with Crippen molar-refractivity contribution < 1.29 is 23.5 Å². The van der Waals surface area contributed by atoms with E-state index in [-0.39, 0.29) is 13.2 Å². The maximum absolute atomic E-state index is 13.3. The van der Waals surface area contributed by atoms with Crippen LogP contribution < -0.4 is 0 Å². The van der Waals surface area contributed by atoms with Gasteiger partial charge in [-0.25, -0.2) is 4.39 Å². The molecule has 0 saturated carbocycles. The van der Waals surface area contributed by atoms with Gasteiger partial charge in [0, 0.05) is 16.6 Å². The van der Waals surface area contributed by atoms with E-state index in [4.69, 9.17) is 9.47 Å². The Labute approximate surface area is 127 Å². The van der Waals surface area contributed by atoms with Gasteiger partial charge in [-0.2, -0.15) is 0 Å². The molecule has 0 fully saturated rings. The van der Waals surface area contributed by atoms with E-state index in [1.165, 1.54) is 19.1 Å². The van der Waals surface area contributed by atoms with Crippen LogP contribution in [0.2, 0.25) is 0 Å². The molecule has 0 atom stereocenters. The summed E-state index contributed by atoms with van der Waals surface area (Å²) in [6, 6.07) is 5.73. The van der Waals surface area contributed by atoms with Gasteiger partial charge in [0.25, 0.3) is 0 Å². The smallest absolute Gasteiger partial charge is 0.329 e. The van der Waals surface area contributed by atoms with Crippen LogP contribution in [0.15, 0.2) is 24.3 Å². The minimum absolute atomic E-state index is 0.142. The standard InChI is InChI=1S/C16H18FNO4/c1-4-21-14(19)16(3,15(20)22-5-2)13-9-10-8-11(17)6-7-12(10)18-13/h6-9,18H,4-5H2,1-3H3. The van der Waals surface area contributed by atoms with E-state index in [2.05, 4.69) is 4.98 Å². The number of nitrogens with one attached hydrogen (secondary N) is 1. The zero-order valence-electron chi connectivity index (χ0n) is 12.7. The molecule has 0 aliphatic rings. The van der Waals surface area contributed by atoms with Crippen LogP contribution in [0.25, 0.3) is 10.9 Å². The molecule has 0 amide bonds. The van der Waals surface area contributed by atoms with Crippen molar-refractivity contribution in [1.82, 2.24) is 4.98 Å². The second kappa shape index (κ2) is 6.17. The molecule has 0 bridgehead atoms. The molecule has 22 heavy (non-hydrogen) atoms. The number of esters is 2. The zero-order chi connectivity index (χ0) is 16.3. The largest absolute Gasteiger partial charge is 0.465 e. The Hall–Kier alpha value is -2.37. The summed E-state index contributed by atoms with van der Waals surface area (Å²) in [5, 5.41) is 0.565. The van der Waals surface area contributed by atoms with Crippen LogP contribution in [0, 0.1) is 5.82 Å². The molecular weight excluding hydrogens is 289 g/mol. The Balaban J connectivity index is 2.55. The van der Waals surface area contributed by atoms with Gasteiger partial charge >= 0.3 is 11.9 Å². The molecule has 1 aromatic heterocycles. The number of rotatable bonds is 5. The molecule has 1 heterocycles. The average Bonchev–Trinajstić information content (AvgIpc) is 2.90. The number of aromatic amines is 1. The first kappa shape index (κ1) is 16.0. The molecular formula is C16H18FNO4. The third kappa shape index (κ3) is 2.68. The fraction of sp³-hybridized carbons (Fsp3) is 0.375. The third-order valence-corrected chi connectivity index (χ3v) is 3.49. The summed E-state index contributed by atoms with van der Waals surface area (Å²) in [4.78, 5) is 27.6. The molecule has 0 unspecified atom stereocenters. The van der Waals surface area contributed by atoms with Crippen LogP contribution in [0.3, 0.4) is 0 Å². The van der Waals surface area contributed by atoms with Gasteiger partial charge in [-0.05, 0) is 45.0 Å². The van der Waals surface area contributed by atoms with Gasteiger partial charge < -0.3 is 14.5 Å². The Kier molecular flexibility index (Phi) is 4.49. The van der Waals surface area contributed by atoms with Gasteiger partial charge in [-0.1, -0.05) is 0 Å². The number of benzene rings is 1. The summed E-state index contributed by atoms with van der Waals surface area (Å²) in [5.41, 5.74) is -0.692. The van der Waals surface area contributed by atoms with E-state index in [0.717, 1.165) is 0 Å². The molecule has 1 N–H and O–H groups in total. The fourth-order valence-electron chi connectivity index (χ4n) is 2.23. The molecule has 1 aromatic carbocycles. The highest BCUT2D eigenvalue weighted by Crippen LogP contribution is 2.30. The highest BCUT2D eigenvalue weighted by molar-refractivity contribution is 6.06. The van der Waals surface area contributed by atoms with Gasteiger partial charge in [-0.15, -0.1) is 0 Å². The number of aromatic nitrogens is 1. The van der Waals surface area contributed by atoms with Crippen molar-refractivity contribution in [2.24, 2.45) is 0 Å². The van der Waals surface area contributed by atoms with Crippen LogP contribution in [-0.2, 0) is 24.5 Å². The van der Waals surface area contributed by atoms with E-state index < -0.39 is 23.2 Å². The van der Waals surface area contributed by atoms with E-state index in [0.29, 0.717) is 16.6 Å². The van der Waals surface area contributed by atoms with E-state index >= 15 is 0 Å². The molecule has 0 saturated heterocycles. The van der Waals surface area contributed by atoms with Gasteiger partial charge in [0.1, 0.15) is 5.82 Å². The first-order valence-corrected chi connectivity index (χ1v) is 7.06. The summed E-state index contributed by atoms with van der Waals surface area (Å²) in [5.74, 6) is -1.81. The SMILES string of the molecule is CCOC(=O)C(C)(C(=O)OCC)c1cc2cc(F)ccc2[nH]1. The summed E-state index contributed by atoms with van der Waals surface area (Å²) in [6.07, 6.45) is 0. The number of hydrogen-bond acceptors (Lipinski definition) is 4. The van der Waals surface area contributed by atoms with Crippen molar-refractivity contribution in [3.63, 3.8) is 0 Å². The lowest BCUT2D eigenvalue weighted by Crippen LogP contribution is -2.43. The van der Waals surface area contributed by atoms with Crippen molar-refractivity contribution in [3.8, 4) is 0 Å². The molecule has 0 spiro atoms. The van der Waals surface area contributed by atoms with E-state index in [1.54, 1.807) is 26.0 Å². The summed E-state index contributed by atoms with van der Waals surface area (Å²) >= 11 is 0. The van der Waals surface area contributed by atoms with Crippen LogP contribution >= 0.6 is 0 Å². The van der Waals surface area contributed by atoms with Crippen molar-refractivity contribution in [3.05, 3.63) is 35.8 Å². The third-order valence-electron chi connectivity index (χ3n) is 3.49. The van der Waals surface area contributed by atoms with Crippen molar-refractivity contribution in [1.29, 1.82) is 0 Å². The first-order chi connectivity index (χ1) is 10.4. The molecule has 0 radical (unpaired) electrons. The van der Waals surface area contributed by atoms with Crippen molar-refractivity contribution in [2.45, 2.75) is 26.2 Å². The minimum Gasteiger partial charge on any atom is -0.465 e. The van der Waals surface area contributed by atoms with Crippen LogP contribution in [0.4, 0.5) is 4.39 Å². The molecule has 0 aliphatic carbocycles. The monoisotopic (exact) mass is 307 g/mol. The van der Waals surface area contributed by atoms with Crippen LogP contribution in [0.1, 0.15) is 26.5 Å². The van der Waals surface area contributed by atoms with Crippen molar-refractivity contribution >= 4 is 22.8 Å². The number of H-pyrrole nitrogens is 1. The van der Waals surface area contributed by atoms with Gasteiger partial charge in [0.15, 0.2) is 0 Å². The predicted octanol–water partition coefficient (Wildman–Crippen LogP) is 2.69. The lowest BCUT2D eigenvalue weighted by Gasteiger charge is -2.23. The average molecular weight is 307 g/mol. The fourth-order valence-corrected chi connectivity index (χ4v) is 2.23. The number of carbonyl (C=O) groups is 2. The molecule has 118 valence electrons. The maximum Gasteiger partial charge on any atom is 0.329 e. The number of hydrogen-bond donors (Lipinski definition) is 1. The molecule has 5 nitrogen and oxygen atoms in total. The molecule has 2 aromatic rings. The zero-order valence-corrected chi connectivity index (χ0v) is 12.7. The number of fused-ring (bicyclic) bond motifs is 1. The Morgan fingerprint density at radius 2 is 1.73 bits per heavy atom. The molecule has 0 aliphatic heterocycles. The minimum atomic E-state index is -1.62. The van der Waals surface area contributed by atoms with E-state index in [1.807, 2.05) is 0 Å². The van der Waals surface area contributed by atoms with Gasteiger partial charge in [-0.3, -0.25) is 9.59 Å². The number of ether oxygens (including phenoxy) is 2. The topological polar surface area (TPSA) is 68.4 Å². The predicted molar refractivity (Wildman–Crippen MR) is 78.9 cm³/mol. The lowest BCUT2D eigenvalue weighted by molar-refractivity contribution is -0.164. The summed E-state index contributed by atoms with van der Waals surface area (Å²) in [7, 11) is 0. The second-order valence-corrected chi connectivity index (χ2v) is 4.98. The Morgan fingerprint density at radius 1 is 1.14 bits per heavy atom. The highest BCUT2D eigenvalue weighted by Gasteiger charge is 2.47. The summed E-state index contributed by atoms with van der Waals surface area (Å²) < 4.78 is 23.3. The first-order valence-electron chi connectivity index (χ1n) is 7.06. The molecule has 2 rings (SSSR count). The normalized spacial score (nSPS) is 11.5. The lowest BCUT2D eigenvalue weighted by atomic mass is 9.86.